The highest BCUT2D eigenvalue weighted by atomic mass is 16.1. The number of allylic oxidation sites excluding steroid dienone is 5. The van der Waals surface area contributed by atoms with Gasteiger partial charge in [0, 0.05) is 18.3 Å². The second-order valence-corrected chi connectivity index (χ2v) is 6.82. The molecule has 0 fully saturated rings. The van der Waals surface area contributed by atoms with E-state index in [1.807, 2.05) is 24.8 Å². The molecular formula is C21H24N2O3. The van der Waals surface area contributed by atoms with Crippen LogP contribution in [0, 0.1) is 6.92 Å². The van der Waals surface area contributed by atoms with Gasteiger partial charge < -0.3 is 9.88 Å². The van der Waals surface area contributed by atoms with Gasteiger partial charge in [0.1, 0.15) is 11.4 Å². The fraction of sp³-hybridized carbons (Fsp3) is 0.381. The van der Waals surface area contributed by atoms with Crippen LogP contribution < -0.4 is 5.56 Å². The Bertz CT molecular complexity index is 944. The average molecular weight is 352 g/mol. The highest BCUT2D eigenvalue weighted by molar-refractivity contribution is 6.28. The molecule has 5 heteroatoms. The number of pyridine rings is 1. The van der Waals surface area contributed by atoms with Gasteiger partial charge in [-0.2, -0.15) is 0 Å². The molecule has 1 aliphatic heterocycles. The highest BCUT2D eigenvalue weighted by Gasteiger charge is 2.39. The lowest BCUT2D eigenvalue weighted by Crippen LogP contribution is -2.38. The van der Waals surface area contributed by atoms with Crippen molar-refractivity contribution in [3.05, 3.63) is 67.9 Å². The maximum Gasteiger partial charge on any atom is 0.248 e. The maximum atomic E-state index is 13.3. The van der Waals surface area contributed by atoms with Gasteiger partial charge in [0.05, 0.1) is 11.1 Å². The van der Waals surface area contributed by atoms with Gasteiger partial charge in [-0.05, 0) is 43.9 Å². The fourth-order valence-corrected chi connectivity index (χ4v) is 3.67. The summed E-state index contributed by atoms with van der Waals surface area (Å²) in [5, 5.41) is 0. The van der Waals surface area contributed by atoms with Gasteiger partial charge in [-0.1, -0.05) is 26.3 Å². The number of carbonyl (C=O) groups excluding carboxylic acids is 2. The normalized spacial score (nSPS) is 18.2. The molecule has 0 atom stereocenters. The molecule has 0 saturated carbocycles. The van der Waals surface area contributed by atoms with E-state index in [2.05, 4.69) is 18.0 Å². The van der Waals surface area contributed by atoms with Gasteiger partial charge in [0.2, 0.25) is 11.3 Å². The molecular weight excluding hydrogens is 328 g/mol. The number of nitrogens with one attached hydrogen (secondary N) is 1. The smallest absolute Gasteiger partial charge is 0.248 e. The Balaban J connectivity index is 2.25. The summed E-state index contributed by atoms with van der Waals surface area (Å²) in [6, 6.07) is 1.37. The van der Waals surface area contributed by atoms with Gasteiger partial charge in [0.25, 0.3) is 0 Å². The number of hydrogen-bond donors (Lipinski definition) is 1. The summed E-state index contributed by atoms with van der Waals surface area (Å²) < 4.78 is 0. The van der Waals surface area contributed by atoms with Gasteiger partial charge in [-0.25, -0.2) is 0 Å². The van der Waals surface area contributed by atoms with E-state index in [0.29, 0.717) is 28.9 Å². The Morgan fingerprint density at radius 2 is 1.85 bits per heavy atom. The second-order valence-electron chi connectivity index (χ2n) is 6.82. The van der Waals surface area contributed by atoms with Crippen LogP contribution in [-0.2, 0) is 0 Å². The zero-order chi connectivity index (χ0) is 19.0. The minimum Gasteiger partial charge on any atom is -0.338 e. The largest absolute Gasteiger partial charge is 0.338 e. The molecule has 2 aliphatic rings. The molecule has 3 rings (SSSR count). The summed E-state index contributed by atoms with van der Waals surface area (Å²) in [6.45, 7) is 8.36. The number of carbonyl (C=O) groups is 2. The molecule has 1 aliphatic carbocycles. The number of unbranched alkanes of at least 4 members (excludes halogenated alkanes) is 1. The number of H-pyrrole nitrogens is 1. The quantitative estimate of drug-likeness (QED) is 0.897. The van der Waals surface area contributed by atoms with Crippen LogP contribution in [0.25, 0.3) is 0 Å². The van der Waals surface area contributed by atoms with Crippen molar-refractivity contribution < 1.29 is 9.59 Å². The van der Waals surface area contributed by atoms with Crippen molar-refractivity contribution in [2.24, 2.45) is 0 Å². The van der Waals surface area contributed by atoms with E-state index in [9.17, 15) is 14.4 Å². The molecule has 0 radical (unpaired) electrons. The zero-order valence-electron chi connectivity index (χ0n) is 15.7. The van der Waals surface area contributed by atoms with E-state index in [1.54, 1.807) is 6.92 Å². The third kappa shape index (κ3) is 2.77. The minimum absolute atomic E-state index is 0.116. The SMILES string of the molecule is CC/C=C1\C=C(C)C2=C(C(=O)c3[nH]c(=O)cc(C)c3C2=O)N1CCCC. The fourth-order valence-electron chi connectivity index (χ4n) is 3.67. The van der Waals surface area contributed by atoms with Crippen molar-refractivity contribution in [3.63, 3.8) is 0 Å². The van der Waals surface area contributed by atoms with Crippen LogP contribution in [0.1, 0.15) is 66.4 Å². The third-order valence-corrected chi connectivity index (χ3v) is 4.86. The summed E-state index contributed by atoms with van der Waals surface area (Å²) in [5.41, 5.74) is 3.21. The van der Waals surface area contributed by atoms with Gasteiger partial charge >= 0.3 is 0 Å². The minimum atomic E-state index is -0.362. The first-order chi connectivity index (χ1) is 12.4. The lowest BCUT2D eigenvalue weighted by Gasteiger charge is -2.36. The summed E-state index contributed by atoms with van der Waals surface area (Å²) in [7, 11) is 0. The predicted octanol–water partition coefficient (Wildman–Crippen LogP) is 3.67. The lowest BCUT2D eigenvalue weighted by atomic mass is 9.82. The molecule has 1 N–H and O–H groups in total. The zero-order valence-corrected chi connectivity index (χ0v) is 15.7. The maximum absolute atomic E-state index is 13.3. The third-order valence-electron chi connectivity index (χ3n) is 4.86. The number of Topliss-reactive ketones (excluding diaryl/α,β-unsaturated/α-hetero) is 2. The van der Waals surface area contributed by atoms with Crippen molar-refractivity contribution in [3.8, 4) is 0 Å². The van der Waals surface area contributed by atoms with Crippen LogP contribution >= 0.6 is 0 Å². The first-order valence-corrected chi connectivity index (χ1v) is 9.14. The molecule has 0 aromatic carbocycles. The molecule has 0 amide bonds. The van der Waals surface area contributed by atoms with Gasteiger partial charge in [0.15, 0.2) is 5.78 Å². The van der Waals surface area contributed by atoms with Crippen LogP contribution in [0.2, 0.25) is 0 Å². The molecule has 26 heavy (non-hydrogen) atoms. The molecule has 1 aromatic rings. The Hall–Kier alpha value is -2.69. The first-order valence-electron chi connectivity index (χ1n) is 9.14. The molecule has 2 heterocycles. The highest BCUT2D eigenvalue weighted by Crippen LogP contribution is 2.38. The number of aryl methyl sites for hydroxylation is 1. The molecule has 0 bridgehead atoms. The van der Waals surface area contributed by atoms with E-state index in [0.717, 1.165) is 30.5 Å². The summed E-state index contributed by atoms with van der Waals surface area (Å²) in [5.74, 6) is -0.463. The van der Waals surface area contributed by atoms with Crippen LogP contribution in [0.3, 0.4) is 0 Å². The standard InChI is InChI=1S/C21H24N2O3/c1-5-7-9-23-14(8-6-2)10-12(3)17-19(23)21(26)18-16(20(17)25)13(4)11-15(24)22-18/h8,10-11H,5-7,9H2,1-4H3,(H,22,24)/b14-8+. The van der Waals surface area contributed by atoms with E-state index >= 15 is 0 Å². The van der Waals surface area contributed by atoms with Gasteiger partial charge in [-0.3, -0.25) is 14.4 Å². The van der Waals surface area contributed by atoms with E-state index in [-0.39, 0.29) is 22.8 Å². The van der Waals surface area contributed by atoms with Crippen molar-refractivity contribution in [2.75, 3.05) is 6.54 Å². The molecule has 1 aromatic heterocycles. The van der Waals surface area contributed by atoms with E-state index in [1.165, 1.54) is 6.07 Å². The topological polar surface area (TPSA) is 70.2 Å². The number of aromatic amines is 1. The lowest BCUT2D eigenvalue weighted by molar-refractivity contribution is 0.0944. The number of hydrogen-bond acceptors (Lipinski definition) is 4. The van der Waals surface area contributed by atoms with E-state index in [4.69, 9.17) is 0 Å². The number of fused-ring (bicyclic) bond motifs is 1. The Morgan fingerprint density at radius 3 is 2.50 bits per heavy atom. The van der Waals surface area contributed by atoms with Crippen LogP contribution in [-0.4, -0.2) is 28.0 Å². The Kier molecular flexibility index (Phi) is 4.81. The van der Waals surface area contributed by atoms with Crippen molar-refractivity contribution in [1.29, 1.82) is 0 Å². The van der Waals surface area contributed by atoms with Gasteiger partial charge in [-0.15, -0.1) is 0 Å². The average Bonchev–Trinajstić information content (AvgIpc) is 2.58. The predicted molar refractivity (Wildman–Crippen MR) is 101 cm³/mol. The monoisotopic (exact) mass is 352 g/mol. The van der Waals surface area contributed by atoms with Crippen molar-refractivity contribution >= 4 is 11.6 Å². The second kappa shape index (κ2) is 6.90. The van der Waals surface area contributed by atoms with Crippen LogP contribution in [0.4, 0.5) is 0 Å². The Morgan fingerprint density at radius 1 is 1.12 bits per heavy atom. The Labute approximate surface area is 153 Å². The van der Waals surface area contributed by atoms with Crippen molar-refractivity contribution in [1.82, 2.24) is 9.88 Å². The molecule has 5 nitrogen and oxygen atoms in total. The number of nitrogens with zero attached hydrogens (tertiary/aromatic N) is 1. The number of rotatable bonds is 4. The van der Waals surface area contributed by atoms with Crippen LogP contribution in [0.15, 0.2) is 45.6 Å². The molecule has 0 spiro atoms. The first kappa shape index (κ1) is 18.1. The van der Waals surface area contributed by atoms with E-state index < -0.39 is 0 Å². The number of aromatic nitrogens is 1. The summed E-state index contributed by atoms with van der Waals surface area (Å²) >= 11 is 0. The molecule has 0 saturated heterocycles. The number of ketones is 2. The molecule has 0 unspecified atom stereocenters. The summed E-state index contributed by atoms with van der Waals surface area (Å²) in [4.78, 5) is 42.9. The van der Waals surface area contributed by atoms with Crippen LogP contribution in [0.5, 0.6) is 0 Å². The molecule has 136 valence electrons. The van der Waals surface area contributed by atoms with Crippen molar-refractivity contribution in [2.45, 2.75) is 47.0 Å². The summed E-state index contributed by atoms with van der Waals surface area (Å²) in [6.07, 6.45) is 6.77.